The molecule has 0 fully saturated rings. The third-order valence-corrected chi connectivity index (χ3v) is 4.31. The van der Waals surface area contributed by atoms with Crippen molar-refractivity contribution < 1.29 is 27.5 Å². The Morgan fingerprint density at radius 2 is 1.75 bits per heavy atom. The van der Waals surface area contributed by atoms with E-state index < -0.39 is 34.0 Å². The van der Waals surface area contributed by atoms with Crippen LogP contribution in [0.25, 0.3) is 6.08 Å². The number of ether oxygens (including phenoxy) is 1. The minimum Gasteiger partial charge on any atom is -0.452 e. The van der Waals surface area contributed by atoms with E-state index in [1.54, 1.807) is 38.1 Å². The zero-order chi connectivity index (χ0) is 21.2. The Morgan fingerprint density at radius 1 is 1.11 bits per heavy atom. The largest absolute Gasteiger partial charge is 0.452 e. The zero-order valence-corrected chi connectivity index (χ0v) is 16.8. The van der Waals surface area contributed by atoms with Crippen LogP contribution in [-0.2, 0) is 24.3 Å². The van der Waals surface area contributed by atoms with Crippen molar-refractivity contribution in [3.63, 3.8) is 0 Å². The predicted octanol–water partition coefficient (Wildman–Crippen LogP) is 1.13. The molecule has 1 atom stereocenters. The molecular weight excluding hydrogens is 386 g/mol. The highest BCUT2D eigenvalue weighted by Gasteiger charge is 2.20. The molecule has 154 valence electrons. The van der Waals surface area contributed by atoms with Crippen molar-refractivity contribution in [3.05, 3.63) is 41.3 Å². The highest BCUT2D eigenvalue weighted by Crippen LogP contribution is 2.03. The number of esters is 1. The van der Waals surface area contributed by atoms with E-state index in [-0.39, 0.29) is 19.0 Å². The Labute approximate surface area is 164 Å². The maximum Gasteiger partial charge on any atom is 0.321 e. The fourth-order valence-electron chi connectivity index (χ4n) is 1.90. The molecule has 0 saturated carbocycles. The molecule has 3 N–H and O–H groups in total. The number of urea groups is 1. The lowest BCUT2D eigenvalue weighted by Gasteiger charge is -2.14. The Kier molecular flexibility index (Phi) is 9.33. The third-order valence-electron chi connectivity index (χ3n) is 3.21. The third kappa shape index (κ3) is 9.83. The van der Waals surface area contributed by atoms with Gasteiger partial charge in [-0.3, -0.25) is 14.9 Å². The minimum absolute atomic E-state index is 0.158. The lowest BCUT2D eigenvalue weighted by molar-refractivity contribution is -0.154. The standard InChI is InChI=1S/C18H25N3O6S/c1-13(2)20-18(24)21-17(23)14(3)27-16(22)9-11-19-28(25,26)12-10-15-7-5-4-6-8-15/h4-8,10,12-14,19H,9,11H2,1-3H3,(H2,20,21,23,24)/b12-10+/t14-/m0/s1. The first-order valence-electron chi connectivity index (χ1n) is 8.62. The van der Waals surface area contributed by atoms with Crippen LogP contribution >= 0.6 is 0 Å². The van der Waals surface area contributed by atoms with Gasteiger partial charge in [-0.1, -0.05) is 30.3 Å². The van der Waals surface area contributed by atoms with E-state index in [1.807, 2.05) is 11.4 Å². The number of amides is 3. The Morgan fingerprint density at radius 3 is 2.36 bits per heavy atom. The second-order valence-electron chi connectivity index (χ2n) is 6.15. The van der Waals surface area contributed by atoms with Gasteiger partial charge in [-0.15, -0.1) is 0 Å². The molecule has 0 aliphatic heterocycles. The lowest BCUT2D eigenvalue weighted by atomic mass is 10.2. The summed E-state index contributed by atoms with van der Waals surface area (Å²) < 4.78 is 30.8. The van der Waals surface area contributed by atoms with Gasteiger partial charge in [0.05, 0.1) is 6.42 Å². The molecule has 0 unspecified atom stereocenters. The van der Waals surface area contributed by atoms with Crippen LogP contribution in [0.15, 0.2) is 35.7 Å². The number of carbonyl (C=O) groups excluding carboxylic acids is 3. The van der Waals surface area contributed by atoms with Gasteiger partial charge in [0.25, 0.3) is 5.91 Å². The first-order chi connectivity index (χ1) is 13.1. The summed E-state index contributed by atoms with van der Waals surface area (Å²) in [5.74, 6) is -1.56. The molecule has 0 heterocycles. The first-order valence-corrected chi connectivity index (χ1v) is 10.2. The van der Waals surface area contributed by atoms with Crippen LogP contribution in [0.2, 0.25) is 0 Å². The van der Waals surface area contributed by atoms with Crippen LogP contribution in [-0.4, -0.2) is 45.0 Å². The number of carbonyl (C=O) groups is 3. The van der Waals surface area contributed by atoms with Gasteiger partial charge >= 0.3 is 12.0 Å². The number of benzene rings is 1. The summed E-state index contributed by atoms with van der Waals surface area (Å²) in [6.07, 6.45) is -0.0382. The van der Waals surface area contributed by atoms with Gasteiger partial charge in [0, 0.05) is 18.0 Å². The fourth-order valence-corrected chi connectivity index (χ4v) is 2.72. The number of nitrogens with one attached hydrogen (secondary N) is 3. The first kappa shape index (κ1) is 23.3. The van der Waals surface area contributed by atoms with E-state index in [0.29, 0.717) is 5.56 Å². The molecular formula is C18H25N3O6S. The number of rotatable bonds is 9. The van der Waals surface area contributed by atoms with E-state index in [9.17, 15) is 22.8 Å². The summed E-state index contributed by atoms with van der Waals surface area (Å²) in [5, 5.41) is 5.50. The summed E-state index contributed by atoms with van der Waals surface area (Å²) in [6, 6.07) is 8.01. The molecule has 0 bridgehead atoms. The zero-order valence-electron chi connectivity index (χ0n) is 16.0. The Bertz CT molecular complexity index is 806. The molecule has 0 aliphatic rings. The summed E-state index contributed by atoms with van der Waals surface area (Å²) in [5.41, 5.74) is 0.716. The Hall–Kier alpha value is -2.72. The predicted molar refractivity (Wildman–Crippen MR) is 104 cm³/mol. The molecule has 3 amide bonds. The van der Waals surface area contributed by atoms with Crippen molar-refractivity contribution in [2.45, 2.75) is 39.3 Å². The van der Waals surface area contributed by atoms with Gasteiger partial charge in [0.15, 0.2) is 6.10 Å². The van der Waals surface area contributed by atoms with Crippen molar-refractivity contribution in [2.75, 3.05) is 6.54 Å². The van der Waals surface area contributed by atoms with Crippen LogP contribution in [0.4, 0.5) is 4.79 Å². The summed E-state index contributed by atoms with van der Waals surface area (Å²) >= 11 is 0. The van der Waals surface area contributed by atoms with Crippen LogP contribution in [0.3, 0.4) is 0 Å². The topological polar surface area (TPSA) is 131 Å². The van der Waals surface area contributed by atoms with Gasteiger partial charge in [-0.05, 0) is 32.4 Å². The van der Waals surface area contributed by atoms with E-state index >= 15 is 0 Å². The second-order valence-corrected chi connectivity index (χ2v) is 7.80. The molecule has 10 heteroatoms. The number of hydrogen-bond donors (Lipinski definition) is 3. The van der Waals surface area contributed by atoms with Crippen LogP contribution < -0.4 is 15.4 Å². The molecule has 1 aromatic carbocycles. The molecule has 0 saturated heterocycles. The smallest absolute Gasteiger partial charge is 0.321 e. The molecule has 0 spiro atoms. The Balaban J connectivity index is 2.38. The number of sulfonamides is 1. The minimum atomic E-state index is -3.72. The van der Waals surface area contributed by atoms with E-state index in [2.05, 4.69) is 10.0 Å². The van der Waals surface area contributed by atoms with Gasteiger partial charge in [0.2, 0.25) is 10.0 Å². The van der Waals surface area contributed by atoms with Gasteiger partial charge in [-0.2, -0.15) is 0 Å². The monoisotopic (exact) mass is 411 g/mol. The number of hydrogen-bond acceptors (Lipinski definition) is 6. The molecule has 0 aromatic heterocycles. The van der Waals surface area contributed by atoms with E-state index in [4.69, 9.17) is 4.74 Å². The average molecular weight is 411 g/mol. The number of imide groups is 1. The average Bonchev–Trinajstić information content (AvgIpc) is 2.60. The summed E-state index contributed by atoms with van der Waals surface area (Å²) in [4.78, 5) is 34.9. The molecule has 1 aromatic rings. The highest BCUT2D eigenvalue weighted by atomic mass is 32.2. The van der Waals surface area contributed by atoms with Gasteiger partial charge in [-0.25, -0.2) is 17.9 Å². The lowest BCUT2D eigenvalue weighted by Crippen LogP contribution is -2.46. The van der Waals surface area contributed by atoms with Crippen LogP contribution in [0, 0.1) is 0 Å². The highest BCUT2D eigenvalue weighted by molar-refractivity contribution is 7.92. The quantitative estimate of drug-likeness (QED) is 0.522. The van der Waals surface area contributed by atoms with Crippen molar-refractivity contribution in [2.24, 2.45) is 0 Å². The normalized spacial score (nSPS) is 12.6. The maximum absolute atomic E-state index is 11.9. The van der Waals surface area contributed by atoms with Crippen LogP contribution in [0.5, 0.6) is 0 Å². The van der Waals surface area contributed by atoms with Gasteiger partial charge in [0.1, 0.15) is 0 Å². The molecule has 0 radical (unpaired) electrons. The summed E-state index contributed by atoms with van der Waals surface area (Å²) in [6.45, 7) is 4.57. The summed E-state index contributed by atoms with van der Waals surface area (Å²) in [7, 11) is -3.72. The van der Waals surface area contributed by atoms with Crippen molar-refractivity contribution in [1.82, 2.24) is 15.4 Å². The van der Waals surface area contributed by atoms with E-state index in [1.165, 1.54) is 13.0 Å². The molecule has 28 heavy (non-hydrogen) atoms. The van der Waals surface area contributed by atoms with Crippen molar-refractivity contribution >= 4 is 34.0 Å². The molecule has 1 rings (SSSR count). The van der Waals surface area contributed by atoms with Crippen molar-refractivity contribution in [1.29, 1.82) is 0 Å². The van der Waals surface area contributed by atoms with E-state index in [0.717, 1.165) is 5.41 Å². The molecule has 0 aliphatic carbocycles. The molecule has 9 nitrogen and oxygen atoms in total. The van der Waals surface area contributed by atoms with Crippen molar-refractivity contribution in [3.8, 4) is 0 Å². The van der Waals surface area contributed by atoms with Crippen LogP contribution in [0.1, 0.15) is 32.8 Å². The maximum atomic E-state index is 11.9. The van der Waals surface area contributed by atoms with Gasteiger partial charge < -0.3 is 10.1 Å². The fraction of sp³-hybridized carbons (Fsp3) is 0.389. The second kappa shape index (κ2) is 11.2. The SMILES string of the molecule is CC(C)NC(=O)NC(=O)[C@H](C)OC(=O)CCNS(=O)(=O)/C=C/c1ccccc1.